The Labute approximate surface area is 88.7 Å². The zero-order chi connectivity index (χ0) is 10.8. The second-order valence-corrected chi connectivity index (χ2v) is 3.63. The van der Waals surface area contributed by atoms with Gasteiger partial charge in [-0.15, -0.1) is 0 Å². The molecule has 15 heavy (non-hydrogen) atoms. The van der Waals surface area contributed by atoms with E-state index in [1.165, 1.54) is 6.07 Å². The van der Waals surface area contributed by atoms with Gasteiger partial charge < -0.3 is 5.73 Å². The quantitative estimate of drug-likeness (QED) is 0.797. The Kier molecular flexibility index (Phi) is 2.69. The van der Waals surface area contributed by atoms with E-state index < -0.39 is 0 Å². The Hall–Kier alpha value is -1.41. The van der Waals surface area contributed by atoms with Crippen LogP contribution < -0.4 is 5.73 Å². The van der Waals surface area contributed by atoms with Gasteiger partial charge in [0.15, 0.2) is 0 Å². The van der Waals surface area contributed by atoms with Crippen LogP contribution >= 0.6 is 0 Å². The summed E-state index contributed by atoms with van der Waals surface area (Å²) in [5.41, 5.74) is 7.93. The zero-order valence-electron chi connectivity index (χ0n) is 8.76. The summed E-state index contributed by atoms with van der Waals surface area (Å²) in [4.78, 5) is 0. The van der Waals surface area contributed by atoms with Gasteiger partial charge in [0.25, 0.3) is 0 Å². The first-order valence-electron chi connectivity index (χ1n) is 5.16. The van der Waals surface area contributed by atoms with Crippen LogP contribution in [0.2, 0.25) is 0 Å². The molecule has 0 unspecified atom stereocenters. The molecule has 0 aliphatic rings. The summed E-state index contributed by atoms with van der Waals surface area (Å²) in [6, 6.07) is 8.91. The lowest BCUT2D eigenvalue weighted by Gasteiger charge is -2.09. The third-order valence-corrected chi connectivity index (χ3v) is 2.77. The van der Waals surface area contributed by atoms with Gasteiger partial charge in [0.05, 0.1) is 0 Å². The largest absolute Gasteiger partial charge is 0.326 e. The Morgan fingerprint density at radius 3 is 2.60 bits per heavy atom. The molecule has 0 aromatic heterocycles. The first-order chi connectivity index (χ1) is 7.26. The molecule has 2 rings (SSSR count). The van der Waals surface area contributed by atoms with E-state index in [9.17, 15) is 4.39 Å². The molecule has 0 atom stereocenters. The summed E-state index contributed by atoms with van der Waals surface area (Å²) in [7, 11) is 0. The second kappa shape index (κ2) is 3.99. The molecule has 0 aliphatic carbocycles. The number of nitrogens with two attached hydrogens (primary N) is 1. The average Bonchev–Trinajstić information content (AvgIpc) is 2.27. The molecule has 2 aromatic rings. The lowest BCUT2D eigenvalue weighted by molar-refractivity contribution is 0.629. The maximum atomic E-state index is 13.2. The van der Waals surface area contributed by atoms with Crippen molar-refractivity contribution in [1.82, 2.24) is 0 Å². The minimum Gasteiger partial charge on any atom is -0.326 e. The molecule has 2 aromatic carbocycles. The lowest BCUT2D eigenvalue weighted by atomic mass is 9.97. The number of aryl methyl sites for hydroxylation is 1. The Morgan fingerprint density at radius 1 is 1.20 bits per heavy atom. The minimum absolute atomic E-state index is 0.189. The summed E-state index contributed by atoms with van der Waals surface area (Å²) >= 11 is 0. The number of halogens is 1. The topological polar surface area (TPSA) is 26.0 Å². The molecule has 0 saturated carbocycles. The highest BCUT2D eigenvalue weighted by Gasteiger charge is 2.05. The van der Waals surface area contributed by atoms with E-state index in [-0.39, 0.29) is 5.82 Å². The first-order valence-corrected chi connectivity index (χ1v) is 5.16. The molecule has 0 heterocycles. The van der Waals surface area contributed by atoms with Crippen LogP contribution in [0, 0.1) is 5.82 Å². The second-order valence-electron chi connectivity index (χ2n) is 3.63. The van der Waals surface area contributed by atoms with E-state index in [0.717, 1.165) is 28.3 Å². The number of benzene rings is 2. The van der Waals surface area contributed by atoms with Gasteiger partial charge in [0.2, 0.25) is 0 Å². The van der Waals surface area contributed by atoms with E-state index in [0.29, 0.717) is 6.54 Å². The van der Waals surface area contributed by atoms with Gasteiger partial charge >= 0.3 is 0 Å². The summed E-state index contributed by atoms with van der Waals surface area (Å²) in [5, 5.41) is 2.06. The predicted molar refractivity (Wildman–Crippen MR) is 61.2 cm³/mol. The zero-order valence-corrected chi connectivity index (χ0v) is 8.76. The normalized spacial score (nSPS) is 10.9. The molecule has 2 heteroatoms. The lowest BCUT2D eigenvalue weighted by Crippen LogP contribution is -2.01. The van der Waals surface area contributed by atoms with Crippen LogP contribution in [0.3, 0.4) is 0 Å². The van der Waals surface area contributed by atoms with E-state index >= 15 is 0 Å². The number of hydrogen-bond donors (Lipinski definition) is 1. The van der Waals surface area contributed by atoms with Crippen molar-refractivity contribution in [3.05, 3.63) is 47.3 Å². The summed E-state index contributed by atoms with van der Waals surface area (Å²) in [5.74, 6) is -0.189. The monoisotopic (exact) mass is 203 g/mol. The van der Waals surface area contributed by atoms with Crippen molar-refractivity contribution >= 4 is 10.8 Å². The third kappa shape index (κ3) is 1.73. The van der Waals surface area contributed by atoms with E-state index in [1.54, 1.807) is 6.07 Å². The smallest absolute Gasteiger partial charge is 0.123 e. The van der Waals surface area contributed by atoms with Crippen molar-refractivity contribution in [2.75, 3.05) is 0 Å². The van der Waals surface area contributed by atoms with Gasteiger partial charge in [-0.1, -0.05) is 25.1 Å². The standard InChI is InChI=1S/C13H14FN/c1-2-12-10(8-15)4-3-9-5-6-11(14)7-13(9)12/h3-7H,2,8,15H2,1H3. The van der Waals surface area contributed by atoms with Crippen molar-refractivity contribution in [1.29, 1.82) is 0 Å². The van der Waals surface area contributed by atoms with Crippen molar-refractivity contribution in [2.24, 2.45) is 5.73 Å². The Bertz CT molecular complexity index is 491. The molecule has 0 spiro atoms. The first kappa shape index (κ1) is 10.1. The molecule has 0 bridgehead atoms. The number of fused-ring (bicyclic) bond motifs is 1. The van der Waals surface area contributed by atoms with Crippen LogP contribution in [0.4, 0.5) is 4.39 Å². The maximum absolute atomic E-state index is 13.2. The van der Waals surface area contributed by atoms with Gasteiger partial charge in [-0.3, -0.25) is 0 Å². The van der Waals surface area contributed by atoms with Crippen LogP contribution in [0.25, 0.3) is 10.8 Å². The van der Waals surface area contributed by atoms with Gasteiger partial charge in [-0.2, -0.15) is 0 Å². The number of hydrogen-bond acceptors (Lipinski definition) is 1. The van der Waals surface area contributed by atoms with Crippen LogP contribution in [0.15, 0.2) is 30.3 Å². The van der Waals surface area contributed by atoms with Crippen LogP contribution in [-0.2, 0) is 13.0 Å². The number of rotatable bonds is 2. The molecule has 0 amide bonds. The Balaban J connectivity index is 2.79. The van der Waals surface area contributed by atoms with E-state index in [2.05, 4.69) is 6.92 Å². The van der Waals surface area contributed by atoms with Crippen LogP contribution in [0.1, 0.15) is 18.1 Å². The summed E-state index contributed by atoms with van der Waals surface area (Å²) < 4.78 is 13.2. The fourth-order valence-corrected chi connectivity index (χ4v) is 2.01. The third-order valence-electron chi connectivity index (χ3n) is 2.77. The van der Waals surface area contributed by atoms with Crippen molar-refractivity contribution < 1.29 is 4.39 Å². The molecule has 0 aliphatic heterocycles. The van der Waals surface area contributed by atoms with Gasteiger partial charge in [-0.25, -0.2) is 4.39 Å². The summed E-state index contributed by atoms with van der Waals surface area (Å²) in [6.45, 7) is 2.58. The average molecular weight is 203 g/mol. The van der Waals surface area contributed by atoms with Crippen LogP contribution in [0.5, 0.6) is 0 Å². The van der Waals surface area contributed by atoms with Crippen LogP contribution in [-0.4, -0.2) is 0 Å². The highest BCUT2D eigenvalue weighted by molar-refractivity contribution is 5.86. The van der Waals surface area contributed by atoms with Gasteiger partial charge in [0.1, 0.15) is 5.82 Å². The van der Waals surface area contributed by atoms with Gasteiger partial charge in [0, 0.05) is 6.54 Å². The summed E-state index contributed by atoms with van der Waals surface area (Å²) in [6.07, 6.45) is 0.882. The molecule has 0 radical (unpaired) electrons. The highest BCUT2D eigenvalue weighted by atomic mass is 19.1. The van der Waals surface area contributed by atoms with Crippen molar-refractivity contribution in [2.45, 2.75) is 19.9 Å². The highest BCUT2D eigenvalue weighted by Crippen LogP contribution is 2.23. The van der Waals surface area contributed by atoms with E-state index in [1.807, 2.05) is 18.2 Å². The maximum Gasteiger partial charge on any atom is 0.123 e. The van der Waals surface area contributed by atoms with Gasteiger partial charge in [-0.05, 0) is 40.5 Å². The molecule has 0 saturated heterocycles. The molecule has 1 nitrogen and oxygen atoms in total. The Morgan fingerprint density at radius 2 is 1.93 bits per heavy atom. The predicted octanol–water partition coefficient (Wildman–Crippen LogP) is 3.00. The fraction of sp³-hybridized carbons (Fsp3) is 0.231. The molecule has 2 N–H and O–H groups in total. The fourth-order valence-electron chi connectivity index (χ4n) is 2.01. The van der Waals surface area contributed by atoms with Crippen molar-refractivity contribution in [3.63, 3.8) is 0 Å². The molecule has 78 valence electrons. The molecular weight excluding hydrogens is 189 g/mol. The SMILES string of the molecule is CCc1c(CN)ccc2ccc(F)cc12. The molecular formula is C13H14FN. The minimum atomic E-state index is -0.189. The molecule has 0 fully saturated rings. The van der Waals surface area contributed by atoms with E-state index in [4.69, 9.17) is 5.73 Å². The van der Waals surface area contributed by atoms with Crippen molar-refractivity contribution in [3.8, 4) is 0 Å².